The Labute approximate surface area is 204 Å². The van der Waals surface area contributed by atoms with E-state index >= 15 is 0 Å². The minimum absolute atomic E-state index is 0.140. The number of benzene rings is 3. The fourth-order valence-corrected chi connectivity index (χ4v) is 3.18. The molecule has 0 aromatic heterocycles. The predicted octanol–water partition coefficient (Wildman–Crippen LogP) is 4.18. The average molecular weight is 492 g/mol. The monoisotopic (exact) mass is 492 g/mol. The molecule has 0 unspecified atom stereocenters. The van der Waals surface area contributed by atoms with Gasteiger partial charge in [0.15, 0.2) is 0 Å². The number of methoxy groups -OCH3 is 2. The van der Waals surface area contributed by atoms with E-state index in [1.807, 2.05) is 0 Å². The Bertz CT molecular complexity index is 1300. The zero-order chi connectivity index (χ0) is 26.2. The number of anilines is 2. The highest BCUT2D eigenvalue weighted by Crippen LogP contribution is 2.29. The number of ether oxygens (including phenoxy) is 2. The summed E-state index contributed by atoms with van der Waals surface area (Å²) in [5.41, 5.74) is -1.23. The highest BCUT2D eigenvalue weighted by atomic mass is 16.6. The van der Waals surface area contributed by atoms with Gasteiger partial charge in [-0.3, -0.25) is 29.8 Å². The SMILES string of the molecule is COc1ccc(C=C(C(=O)Nc2ccccc2[N+](=O)[O-])C(=O)Nc2ccccc2[N+](=O)[O-])c(OC)c1. The maximum Gasteiger partial charge on any atom is 0.292 e. The third-order valence-electron chi connectivity index (χ3n) is 4.93. The summed E-state index contributed by atoms with van der Waals surface area (Å²) in [6.07, 6.45) is 1.20. The normalized spacial score (nSPS) is 10.1. The molecule has 12 heteroatoms. The van der Waals surface area contributed by atoms with Crippen LogP contribution in [0.5, 0.6) is 11.5 Å². The molecule has 0 saturated heterocycles. The van der Waals surface area contributed by atoms with Crippen LogP contribution in [-0.4, -0.2) is 35.9 Å². The minimum Gasteiger partial charge on any atom is -0.497 e. The number of nitrogens with zero attached hydrogens (tertiary/aromatic N) is 2. The predicted molar refractivity (Wildman–Crippen MR) is 131 cm³/mol. The lowest BCUT2D eigenvalue weighted by Gasteiger charge is -2.12. The number of rotatable bonds is 9. The van der Waals surface area contributed by atoms with Crippen molar-refractivity contribution in [1.82, 2.24) is 0 Å². The van der Waals surface area contributed by atoms with Gasteiger partial charge < -0.3 is 20.1 Å². The molecule has 3 aromatic rings. The highest BCUT2D eigenvalue weighted by molar-refractivity contribution is 6.29. The third kappa shape index (κ3) is 5.80. The van der Waals surface area contributed by atoms with Gasteiger partial charge >= 0.3 is 0 Å². The second kappa shape index (κ2) is 11.2. The molecule has 12 nitrogen and oxygen atoms in total. The van der Waals surface area contributed by atoms with Gasteiger partial charge in [-0.25, -0.2) is 0 Å². The summed E-state index contributed by atoms with van der Waals surface area (Å²) in [6, 6.07) is 15.4. The van der Waals surface area contributed by atoms with Gasteiger partial charge in [0.05, 0.1) is 24.1 Å². The third-order valence-corrected chi connectivity index (χ3v) is 4.93. The van der Waals surface area contributed by atoms with Crippen LogP contribution in [0.25, 0.3) is 6.08 Å². The largest absolute Gasteiger partial charge is 0.497 e. The maximum absolute atomic E-state index is 13.2. The van der Waals surface area contributed by atoms with Crippen molar-refractivity contribution in [2.45, 2.75) is 0 Å². The number of nitro benzene ring substituents is 2. The van der Waals surface area contributed by atoms with E-state index in [0.29, 0.717) is 11.3 Å². The van der Waals surface area contributed by atoms with Gasteiger partial charge in [-0.1, -0.05) is 24.3 Å². The molecule has 0 heterocycles. The first-order chi connectivity index (χ1) is 17.2. The minimum atomic E-state index is -0.988. The molecule has 184 valence electrons. The van der Waals surface area contributed by atoms with Gasteiger partial charge in [-0.15, -0.1) is 0 Å². The standard InChI is InChI=1S/C24H20N4O8/c1-35-16-12-11-15(22(14-16)36-2)13-17(23(29)25-18-7-3-5-9-20(18)27(31)32)24(30)26-19-8-4-6-10-21(19)28(33)34/h3-14H,1-2H3,(H,25,29)(H,26,30). The summed E-state index contributed by atoms with van der Waals surface area (Å²) >= 11 is 0. The zero-order valence-corrected chi connectivity index (χ0v) is 19.1. The van der Waals surface area contributed by atoms with E-state index in [1.54, 1.807) is 6.07 Å². The number of hydrogen-bond donors (Lipinski definition) is 2. The second-order valence-electron chi connectivity index (χ2n) is 7.12. The lowest BCUT2D eigenvalue weighted by Crippen LogP contribution is -2.26. The topological polar surface area (TPSA) is 163 Å². The summed E-state index contributed by atoms with van der Waals surface area (Å²) in [7, 11) is 2.84. The molecule has 0 aliphatic heterocycles. The van der Waals surface area contributed by atoms with E-state index in [4.69, 9.17) is 9.47 Å². The highest BCUT2D eigenvalue weighted by Gasteiger charge is 2.25. The Balaban J connectivity index is 2.07. The number of carbonyl (C=O) groups is 2. The van der Waals surface area contributed by atoms with Crippen LogP contribution in [0.3, 0.4) is 0 Å². The van der Waals surface area contributed by atoms with Crippen molar-refractivity contribution >= 4 is 40.6 Å². The van der Waals surface area contributed by atoms with E-state index in [1.165, 1.54) is 81.0 Å². The summed E-state index contributed by atoms with van der Waals surface area (Å²) < 4.78 is 10.5. The van der Waals surface area contributed by atoms with Crippen molar-refractivity contribution in [1.29, 1.82) is 0 Å². The maximum atomic E-state index is 13.2. The lowest BCUT2D eigenvalue weighted by atomic mass is 10.1. The van der Waals surface area contributed by atoms with Crippen LogP contribution < -0.4 is 20.1 Å². The van der Waals surface area contributed by atoms with Gasteiger partial charge in [0.25, 0.3) is 23.2 Å². The molecular formula is C24H20N4O8. The fourth-order valence-electron chi connectivity index (χ4n) is 3.18. The molecule has 0 radical (unpaired) electrons. The van der Waals surface area contributed by atoms with Crippen LogP contribution in [0.1, 0.15) is 5.56 Å². The second-order valence-corrected chi connectivity index (χ2v) is 7.12. The van der Waals surface area contributed by atoms with Crippen LogP contribution in [0, 0.1) is 20.2 Å². The average Bonchev–Trinajstić information content (AvgIpc) is 2.87. The van der Waals surface area contributed by atoms with Crippen molar-refractivity contribution < 1.29 is 28.9 Å². The first kappa shape index (κ1) is 25.4. The summed E-state index contributed by atoms with van der Waals surface area (Å²) in [5, 5.41) is 27.4. The van der Waals surface area contributed by atoms with Gasteiger partial charge in [0.2, 0.25) is 0 Å². The molecule has 3 aromatic carbocycles. The van der Waals surface area contributed by atoms with Crippen molar-refractivity contribution in [2.24, 2.45) is 0 Å². The number of carbonyl (C=O) groups excluding carboxylic acids is 2. The first-order valence-corrected chi connectivity index (χ1v) is 10.3. The number of nitrogens with one attached hydrogen (secondary N) is 2. The quantitative estimate of drug-likeness (QED) is 0.148. The van der Waals surface area contributed by atoms with E-state index < -0.39 is 27.2 Å². The van der Waals surface area contributed by atoms with Crippen LogP contribution in [0.2, 0.25) is 0 Å². The smallest absolute Gasteiger partial charge is 0.292 e. The molecular weight excluding hydrogens is 472 g/mol. The lowest BCUT2D eigenvalue weighted by molar-refractivity contribution is -0.384. The zero-order valence-electron chi connectivity index (χ0n) is 19.1. The molecule has 3 rings (SSSR count). The van der Waals surface area contributed by atoms with Crippen molar-refractivity contribution in [3.05, 3.63) is 98.1 Å². The summed E-state index contributed by atoms with van der Waals surface area (Å²) in [4.78, 5) is 47.7. The Morgan fingerprint density at radius 3 is 1.72 bits per heavy atom. The molecule has 36 heavy (non-hydrogen) atoms. The molecule has 0 atom stereocenters. The fraction of sp³-hybridized carbons (Fsp3) is 0.0833. The molecule has 0 saturated carbocycles. The van der Waals surface area contributed by atoms with E-state index in [9.17, 15) is 29.8 Å². The van der Waals surface area contributed by atoms with Crippen molar-refractivity contribution in [3.8, 4) is 11.5 Å². The number of hydrogen-bond acceptors (Lipinski definition) is 8. The molecule has 0 aliphatic carbocycles. The van der Waals surface area contributed by atoms with Gasteiger partial charge in [-0.2, -0.15) is 0 Å². The molecule has 0 fully saturated rings. The Kier molecular flexibility index (Phi) is 7.92. The van der Waals surface area contributed by atoms with Gasteiger partial charge in [-0.05, 0) is 30.3 Å². The Morgan fingerprint density at radius 2 is 1.28 bits per heavy atom. The number of nitro groups is 2. The van der Waals surface area contributed by atoms with E-state index in [0.717, 1.165) is 0 Å². The van der Waals surface area contributed by atoms with Crippen LogP contribution in [-0.2, 0) is 9.59 Å². The molecule has 0 bridgehead atoms. The van der Waals surface area contributed by atoms with Crippen molar-refractivity contribution in [2.75, 3.05) is 24.9 Å². The number of amides is 2. The van der Waals surface area contributed by atoms with Crippen LogP contribution >= 0.6 is 0 Å². The molecule has 2 amide bonds. The first-order valence-electron chi connectivity index (χ1n) is 10.3. The van der Waals surface area contributed by atoms with Crippen molar-refractivity contribution in [3.63, 3.8) is 0 Å². The number of para-hydroxylation sites is 4. The summed E-state index contributed by atoms with van der Waals surface area (Å²) in [6.45, 7) is 0. The van der Waals surface area contributed by atoms with Gasteiger partial charge in [0, 0.05) is 23.8 Å². The van der Waals surface area contributed by atoms with Crippen LogP contribution in [0.4, 0.5) is 22.7 Å². The van der Waals surface area contributed by atoms with E-state index in [2.05, 4.69) is 10.6 Å². The summed E-state index contributed by atoms with van der Waals surface area (Å²) in [5.74, 6) is -1.25. The van der Waals surface area contributed by atoms with E-state index in [-0.39, 0.29) is 28.5 Å². The molecule has 2 N–H and O–H groups in total. The van der Waals surface area contributed by atoms with Gasteiger partial charge in [0.1, 0.15) is 28.4 Å². The van der Waals surface area contributed by atoms with Crippen LogP contribution in [0.15, 0.2) is 72.3 Å². The molecule has 0 aliphatic rings. The Hall–Kier alpha value is -5.26. The Morgan fingerprint density at radius 1 is 0.778 bits per heavy atom. The molecule has 0 spiro atoms.